The van der Waals surface area contributed by atoms with Gasteiger partial charge >= 0.3 is 0 Å². The Morgan fingerprint density at radius 3 is 1.96 bits per heavy atom. The highest BCUT2D eigenvalue weighted by molar-refractivity contribution is 7.99. The zero-order valence-electron chi connectivity index (χ0n) is 14.2. The van der Waals surface area contributed by atoms with Crippen molar-refractivity contribution in [3.8, 4) is 11.1 Å². The first kappa shape index (κ1) is 15.9. The van der Waals surface area contributed by atoms with Gasteiger partial charge in [0.25, 0.3) is 0 Å². The summed E-state index contributed by atoms with van der Waals surface area (Å²) >= 11 is 1.85. The monoisotopic (exact) mass is 321 g/mol. The molecule has 118 valence electrons. The van der Waals surface area contributed by atoms with Crippen molar-refractivity contribution in [3.05, 3.63) is 72.4 Å². The van der Waals surface area contributed by atoms with Crippen LogP contribution in [0.2, 0.25) is 0 Å². The average Bonchev–Trinajstić information content (AvgIpc) is 2.85. The zero-order chi connectivity index (χ0) is 16.4. The van der Waals surface area contributed by atoms with Gasteiger partial charge in [-0.05, 0) is 51.5 Å². The minimum Gasteiger partial charge on any atom is -0.334 e. The molecule has 1 heterocycles. The smallest absolute Gasteiger partial charge is 0.0883 e. The summed E-state index contributed by atoms with van der Waals surface area (Å²) in [6.07, 6.45) is 0. The number of hydrogen-bond donors (Lipinski definition) is 0. The van der Waals surface area contributed by atoms with Crippen LogP contribution in [0.1, 0.15) is 26.5 Å². The van der Waals surface area contributed by atoms with Gasteiger partial charge in [-0.3, -0.25) is 0 Å². The van der Waals surface area contributed by atoms with Crippen LogP contribution in [0.4, 0.5) is 0 Å². The van der Waals surface area contributed by atoms with Gasteiger partial charge in [-0.15, -0.1) is 0 Å². The molecule has 2 aromatic carbocycles. The van der Waals surface area contributed by atoms with Gasteiger partial charge in [0.1, 0.15) is 0 Å². The van der Waals surface area contributed by atoms with Crippen molar-refractivity contribution >= 4 is 11.8 Å². The summed E-state index contributed by atoms with van der Waals surface area (Å²) in [6.45, 7) is 9.00. The zero-order valence-corrected chi connectivity index (χ0v) is 15.0. The third-order valence-electron chi connectivity index (χ3n) is 3.85. The van der Waals surface area contributed by atoms with E-state index in [2.05, 4.69) is 99.0 Å². The number of aromatic nitrogens is 1. The summed E-state index contributed by atoms with van der Waals surface area (Å²) in [5, 5.41) is 1.31. The Labute approximate surface area is 143 Å². The molecule has 0 saturated heterocycles. The Morgan fingerprint density at radius 2 is 1.39 bits per heavy atom. The van der Waals surface area contributed by atoms with Crippen LogP contribution in [0.25, 0.3) is 11.1 Å². The molecular weight excluding hydrogens is 298 g/mol. The molecule has 0 aliphatic heterocycles. The predicted octanol–water partition coefficient (Wildman–Crippen LogP) is 6.37. The fraction of sp³-hybridized carbons (Fsp3) is 0.238. The summed E-state index contributed by atoms with van der Waals surface area (Å²) < 4.78 is 2.45. The standard InChI is InChI=1S/C21H23NS/c1-16-15-19(17-11-7-5-8-12-17)20(22(16)21(2,3)4)23-18-13-9-6-10-14-18/h5-15H,1-4H3. The summed E-state index contributed by atoms with van der Waals surface area (Å²) in [7, 11) is 0. The van der Waals surface area contributed by atoms with Crippen LogP contribution in [-0.4, -0.2) is 4.57 Å². The first-order valence-corrected chi connectivity index (χ1v) is 8.79. The molecule has 3 rings (SSSR count). The third kappa shape index (κ3) is 3.37. The average molecular weight is 321 g/mol. The van der Waals surface area contributed by atoms with E-state index in [1.807, 2.05) is 11.8 Å². The molecule has 0 N–H and O–H groups in total. The number of hydrogen-bond acceptors (Lipinski definition) is 1. The second-order valence-corrected chi connectivity index (χ2v) is 7.85. The molecule has 2 heteroatoms. The second kappa shape index (κ2) is 6.29. The van der Waals surface area contributed by atoms with Gasteiger partial charge in [-0.1, -0.05) is 60.3 Å². The maximum absolute atomic E-state index is 2.45. The Kier molecular flexibility index (Phi) is 4.36. The Hall–Kier alpha value is -1.93. The minimum atomic E-state index is 0.0498. The molecule has 0 saturated carbocycles. The SMILES string of the molecule is Cc1cc(-c2ccccc2)c(Sc2ccccc2)n1C(C)(C)C. The van der Waals surface area contributed by atoms with Gasteiger partial charge < -0.3 is 4.57 Å². The van der Waals surface area contributed by atoms with Gasteiger partial charge in [0.15, 0.2) is 0 Å². The molecule has 3 aromatic rings. The molecule has 0 bridgehead atoms. The van der Waals surface area contributed by atoms with E-state index in [-0.39, 0.29) is 5.54 Å². The molecule has 0 radical (unpaired) electrons. The predicted molar refractivity (Wildman–Crippen MR) is 100 cm³/mol. The fourth-order valence-electron chi connectivity index (χ4n) is 2.97. The molecule has 0 aliphatic carbocycles. The molecule has 0 amide bonds. The van der Waals surface area contributed by atoms with Crippen LogP contribution in [0.15, 0.2) is 76.7 Å². The van der Waals surface area contributed by atoms with Crippen LogP contribution in [-0.2, 0) is 5.54 Å². The van der Waals surface area contributed by atoms with Crippen molar-refractivity contribution < 1.29 is 0 Å². The van der Waals surface area contributed by atoms with Crippen molar-refractivity contribution in [2.45, 2.75) is 43.2 Å². The molecular formula is C21H23NS. The van der Waals surface area contributed by atoms with Gasteiger partial charge in [0.05, 0.1) is 5.03 Å². The number of benzene rings is 2. The van der Waals surface area contributed by atoms with E-state index in [1.54, 1.807) is 0 Å². The van der Waals surface area contributed by atoms with Crippen LogP contribution in [0, 0.1) is 6.92 Å². The van der Waals surface area contributed by atoms with E-state index in [9.17, 15) is 0 Å². The highest BCUT2D eigenvalue weighted by Crippen LogP contribution is 2.41. The van der Waals surface area contributed by atoms with E-state index in [4.69, 9.17) is 0 Å². The largest absolute Gasteiger partial charge is 0.334 e. The Morgan fingerprint density at radius 1 is 0.826 bits per heavy atom. The number of nitrogens with zero attached hydrogens (tertiary/aromatic N) is 1. The number of rotatable bonds is 3. The van der Waals surface area contributed by atoms with Gasteiger partial charge in [0, 0.05) is 21.7 Å². The van der Waals surface area contributed by atoms with E-state index < -0.39 is 0 Å². The fourth-order valence-corrected chi connectivity index (χ4v) is 4.29. The van der Waals surface area contributed by atoms with Crippen LogP contribution >= 0.6 is 11.8 Å². The van der Waals surface area contributed by atoms with Crippen molar-refractivity contribution in [2.75, 3.05) is 0 Å². The lowest BCUT2D eigenvalue weighted by Crippen LogP contribution is -2.23. The summed E-state index contributed by atoms with van der Waals surface area (Å²) in [5.74, 6) is 0. The maximum atomic E-state index is 2.45. The van der Waals surface area contributed by atoms with Crippen LogP contribution < -0.4 is 0 Å². The van der Waals surface area contributed by atoms with Gasteiger partial charge in [-0.2, -0.15) is 0 Å². The molecule has 0 atom stereocenters. The van der Waals surface area contributed by atoms with Crippen molar-refractivity contribution in [2.24, 2.45) is 0 Å². The van der Waals surface area contributed by atoms with Crippen molar-refractivity contribution in [1.29, 1.82) is 0 Å². The van der Waals surface area contributed by atoms with E-state index >= 15 is 0 Å². The Bertz CT molecular complexity index is 780. The lowest BCUT2D eigenvalue weighted by Gasteiger charge is -2.26. The van der Waals surface area contributed by atoms with E-state index in [0.29, 0.717) is 0 Å². The first-order chi connectivity index (χ1) is 11.0. The lowest BCUT2D eigenvalue weighted by atomic mass is 10.1. The lowest BCUT2D eigenvalue weighted by molar-refractivity contribution is 0.366. The molecule has 0 spiro atoms. The molecule has 0 fully saturated rings. The first-order valence-electron chi connectivity index (χ1n) is 7.98. The third-order valence-corrected chi connectivity index (χ3v) is 4.96. The summed E-state index contributed by atoms with van der Waals surface area (Å²) in [4.78, 5) is 1.27. The van der Waals surface area contributed by atoms with Crippen molar-refractivity contribution in [3.63, 3.8) is 0 Å². The van der Waals surface area contributed by atoms with Gasteiger partial charge in [-0.25, -0.2) is 0 Å². The molecule has 0 unspecified atom stereocenters. The summed E-state index contributed by atoms with van der Waals surface area (Å²) in [6, 6.07) is 23.6. The van der Waals surface area contributed by atoms with E-state index in [0.717, 1.165) is 0 Å². The van der Waals surface area contributed by atoms with Gasteiger partial charge in [0.2, 0.25) is 0 Å². The topological polar surface area (TPSA) is 4.93 Å². The highest BCUT2D eigenvalue weighted by Gasteiger charge is 2.23. The van der Waals surface area contributed by atoms with Crippen molar-refractivity contribution in [1.82, 2.24) is 4.57 Å². The van der Waals surface area contributed by atoms with Crippen LogP contribution in [0.5, 0.6) is 0 Å². The minimum absolute atomic E-state index is 0.0498. The quantitative estimate of drug-likeness (QED) is 0.542. The van der Waals surface area contributed by atoms with Crippen LogP contribution in [0.3, 0.4) is 0 Å². The molecule has 1 aromatic heterocycles. The number of aryl methyl sites for hydroxylation is 1. The second-order valence-electron chi connectivity index (χ2n) is 6.79. The summed E-state index contributed by atoms with van der Waals surface area (Å²) in [5.41, 5.74) is 3.94. The Balaban J connectivity index is 2.17. The molecule has 0 aliphatic rings. The van der Waals surface area contributed by atoms with E-state index in [1.165, 1.54) is 26.7 Å². The normalized spacial score (nSPS) is 11.7. The molecule has 23 heavy (non-hydrogen) atoms. The maximum Gasteiger partial charge on any atom is 0.0883 e. The molecule has 1 nitrogen and oxygen atoms in total. The highest BCUT2D eigenvalue weighted by atomic mass is 32.2.